The number of ether oxygens (including phenoxy) is 3. The maximum absolute atomic E-state index is 11.9. The highest BCUT2D eigenvalue weighted by atomic mass is 35.5. The van der Waals surface area contributed by atoms with E-state index in [1.807, 2.05) is 6.07 Å². The fourth-order valence-electron chi connectivity index (χ4n) is 5.71. The van der Waals surface area contributed by atoms with Crippen LogP contribution in [0.3, 0.4) is 0 Å². The van der Waals surface area contributed by atoms with Crippen LogP contribution in [0.25, 0.3) is 22.3 Å². The molecule has 12 heteroatoms. The largest absolute Gasteiger partial charge is 0.495 e. The summed E-state index contributed by atoms with van der Waals surface area (Å²) >= 11 is 13.5. The average Bonchev–Trinajstić information content (AvgIpc) is 3.33. The molecule has 1 spiro atoms. The van der Waals surface area contributed by atoms with Gasteiger partial charge in [0, 0.05) is 30.0 Å². The molecule has 2 saturated heterocycles. The van der Waals surface area contributed by atoms with E-state index < -0.39 is 0 Å². The Morgan fingerprint density at radius 1 is 1.12 bits per heavy atom. The van der Waals surface area contributed by atoms with E-state index in [-0.39, 0.29) is 18.0 Å². The number of hydrogen-bond donors (Lipinski definition) is 2. The minimum absolute atomic E-state index is 0.151. The van der Waals surface area contributed by atoms with Crippen molar-refractivity contribution in [2.75, 3.05) is 50.7 Å². The zero-order valence-electron chi connectivity index (χ0n) is 22.3. The van der Waals surface area contributed by atoms with Crippen molar-refractivity contribution in [3.63, 3.8) is 0 Å². The Hall–Kier alpha value is -3.34. The van der Waals surface area contributed by atoms with Gasteiger partial charge in [0.1, 0.15) is 23.1 Å². The Morgan fingerprint density at radius 3 is 2.45 bits per heavy atom. The predicted molar refractivity (Wildman–Crippen MR) is 155 cm³/mol. The number of nitrogens with zero attached hydrogens (tertiary/aromatic N) is 4. The van der Waals surface area contributed by atoms with Crippen molar-refractivity contribution >= 4 is 51.6 Å². The van der Waals surface area contributed by atoms with Crippen LogP contribution in [-0.2, 0) is 9.53 Å². The monoisotopic (exact) mass is 584 g/mol. The highest BCUT2D eigenvalue weighted by Crippen LogP contribution is 2.51. The van der Waals surface area contributed by atoms with E-state index in [9.17, 15) is 4.79 Å². The summed E-state index contributed by atoms with van der Waals surface area (Å²) in [5.41, 5.74) is 1.46. The summed E-state index contributed by atoms with van der Waals surface area (Å²) in [6.07, 6.45) is 6.69. The van der Waals surface area contributed by atoms with Crippen LogP contribution in [0.15, 0.2) is 31.0 Å². The van der Waals surface area contributed by atoms with Crippen LogP contribution in [-0.4, -0.2) is 73.5 Å². The molecule has 40 heavy (non-hydrogen) atoms. The van der Waals surface area contributed by atoms with E-state index >= 15 is 0 Å². The molecule has 2 N–H and O–H groups in total. The van der Waals surface area contributed by atoms with E-state index in [1.54, 1.807) is 12.3 Å². The highest BCUT2D eigenvalue weighted by molar-refractivity contribution is 6.41. The highest BCUT2D eigenvalue weighted by Gasteiger charge is 2.48. The topological polar surface area (TPSA) is 111 Å². The van der Waals surface area contributed by atoms with Gasteiger partial charge in [-0.15, -0.1) is 0 Å². The number of halogens is 2. The van der Waals surface area contributed by atoms with Gasteiger partial charge < -0.3 is 29.7 Å². The first-order valence-corrected chi connectivity index (χ1v) is 13.9. The number of carbonyl (C=O) groups is 1. The maximum Gasteiger partial charge on any atom is 0.243 e. The second kappa shape index (κ2) is 10.6. The number of pyridine rings is 1. The van der Waals surface area contributed by atoms with Gasteiger partial charge in [-0.05, 0) is 25.0 Å². The molecule has 3 fully saturated rings. The summed E-state index contributed by atoms with van der Waals surface area (Å²) in [7, 11) is 3.06. The van der Waals surface area contributed by atoms with Crippen molar-refractivity contribution in [1.82, 2.24) is 20.3 Å². The minimum atomic E-state index is -0.244. The zero-order valence-corrected chi connectivity index (χ0v) is 23.8. The standard InChI is InChI=1S/C28H30Cl2N6O4/c1-4-22(37)33-18-12-40-11-17(18)32-21-8-15-16(10-31-21)34-26(35-27(15)36-13-28(14-36)6-5-7-28)23-24(29)19(38-2)9-20(39-3)25(23)30/h4,8-10,17-18H,1,5-7,11-14H2,2-3H3,(H,31,32)(H,33,37)/t17-,18+/m1/s1. The lowest BCUT2D eigenvalue weighted by molar-refractivity contribution is -0.117. The number of fused-ring (bicyclic) bond motifs is 1. The summed E-state index contributed by atoms with van der Waals surface area (Å²) < 4.78 is 16.6. The lowest BCUT2D eigenvalue weighted by Crippen LogP contribution is -2.60. The molecule has 1 amide bonds. The number of nitrogens with one attached hydrogen (secondary N) is 2. The summed E-state index contributed by atoms with van der Waals surface area (Å²) in [6, 6.07) is 3.23. The van der Waals surface area contributed by atoms with Crippen LogP contribution in [0.5, 0.6) is 11.5 Å². The lowest BCUT2D eigenvalue weighted by Gasteiger charge is -2.56. The molecule has 0 unspecified atom stereocenters. The molecule has 1 aromatic carbocycles. The third-order valence-electron chi connectivity index (χ3n) is 8.05. The van der Waals surface area contributed by atoms with Crippen molar-refractivity contribution in [2.24, 2.45) is 5.41 Å². The van der Waals surface area contributed by atoms with Crippen LogP contribution in [0.4, 0.5) is 11.6 Å². The molecular weight excluding hydrogens is 555 g/mol. The zero-order chi connectivity index (χ0) is 28.0. The first-order chi connectivity index (χ1) is 19.3. The van der Waals surface area contributed by atoms with E-state index in [2.05, 4.69) is 27.1 Å². The molecule has 4 heterocycles. The second-order valence-corrected chi connectivity index (χ2v) is 11.3. The smallest absolute Gasteiger partial charge is 0.243 e. The molecule has 210 valence electrons. The minimum Gasteiger partial charge on any atom is -0.495 e. The van der Waals surface area contributed by atoms with Crippen LogP contribution in [0.1, 0.15) is 19.3 Å². The Bertz CT molecular complexity index is 1460. The number of anilines is 2. The Kier molecular flexibility index (Phi) is 7.10. The number of carbonyl (C=O) groups excluding carboxylic acids is 1. The van der Waals surface area contributed by atoms with Gasteiger partial charge in [-0.3, -0.25) is 4.79 Å². The first-order valence-electron chi connectivity index (χ1n) is 13.1. The van der Waals surface area contributed by atoms with E-state index in [0.717, 1.165) is 24.3 Å². The Labute approximate surface area is 242 Å². The van der Waals surface area contributed by atoms with Gasteiger partial charge in [-0.1, -0.05) is 36.2 Å². The number of methoxy groups -OCH3 is 2. The van der Waals surface area contributed by atoms with E-state index in [1.165, 1.54) is 39.6 Å². The van der Waals surface area contributed by atoms with Crippen LogP contribution < -0.4 is 25.0 Å². The van der Waals surface area contributed by atoms with Gasteiger partial charge in [0.15, 0.2) is 5.82 Å². The van der Waals surface area contributed by atoms with Crippen LogP contribution >= 0.6 is 23.2 Å². The van der Waals surface area contributed by atoms with Crippen molar-refractivity contribution in [3.8, 4) is 22.9 Å². The number of rotatable bonds is 8. The Balaban J connectivity index is 1.41. The van der Waals surface area contributed by atoms with Gasteiger partial charge in [0.2, 0.25) is 5.91 Å². The third kappa shape index (κ3) is 4.67. The molecule has 0 bridgehead atoms. The van der Waals surface area contributed by atoms with E-state index in [0.29, 0.717) is 62.9 Å². The molecule has 6 rings (SSSR count). The molecule has 2 atom stereocenters. The summed E-state index contributed by atoms with van der Waals surface area (Å²) in [4.78, 5) is 28.6. The van der Waals surface area contributed by atoms with E-state index in [4.69, 9.17) is 47.4 Å². The lowest BCUT2D eigenvalue weighted by atomic mass is 9.63. The first kappa shape index (κ1) is 26.9. The summed E-state index contributed by atoms with van der Waals surface area (Å²) in [5.74, 6) is 2.37. The quantitative estimate of drug-likeness (QED) is 0.370. The van der Waals surface area contributed by atoms with Crippen molar-refractivity contribution in [2.45, 2.75) is 31.3 Å². The van der Waals surface area contributed by atoms with Gasteiger partial charge in [-0.25, -0.2) is 15.0 Å². The average molecular weight is 585 g/mol. The summed E-state index contributed by atoms with van der Waals surface area (Å²) in [5, 5.41) is 7.78. The van der Waals surface area contributed by atoms with Gasteiger partial charge in [-0.2, -0.15) is 0 Å². The molecule has 2 aliphatic heterocycles. The normalized spacial score (nSPS) is 21.1. The Morgan fingerprint density at radius 2 is 1.82 bits per heavy atom. The molecule has 0 radical (unpaired) electrons. The number of benzene rings is 1. The molecule has 3 aliphatic rings. The van der Waals surface area contributed by atoms with Gasteiger partial charge in [0.05, 0.1) is 66.8 Å². The fraction of sp³-hybridized carbons (Fsp3) is 0.429. The fourth-order valence-corrected chi connectivity index (χ4v) is 6.38. The molecule has 3 aromatic rings. The predicted octanol–water partition coefficient (Wildman–Crippen LogP) is 4.49. The van der Waals surface area contributed by atoms with Gasteiger partial charge in [0.25, 0.3) is 0 Å². The number of amides is 1. The molecule has 10 nitrogen and oxygen atoms in total. The third-order valence-corrected chi connectivity index (χ3v) is 8.80. The molecule has 2 aromatic heterocycles. The molecular formula is C28H30Cl2N6O4. The molecule has 1 aliphatic carbocycles. The van der Waals surface area contributed by atoms with Crippen molar-refractivity contribution < 1.29 is 19.0 Å². The SMILES string of the molecule is C=CC(=O)N[C@H]1COC[C@H]1Nc1cc2c(N3CC4(CCC4)C3)nc(-c3c(Cl)c(OC)cc(OC)c3Cl)nc2cn1. The second-order valence-electron chi connectivity index (χ2n) is 10.6. The van der Waals surface area contributed by atoms with Crippen LogP contribution in [0, 0.1) is 5.41 Å². The van der Waals surface area contributed by atoms with Crippen LogP contribution in [0.2, 0.25) is 10.0 Å². The molecule has 1 saturated carbocycles. The summed E-state index contributed by atoms with van der Waals surface area (Å²) in [6.45, 7) is 6.23. The van der Waals surface area contributed by atoms with Crippen molar-refractivity contribution in [1.29, 1.82) is 0 Å². The number of aromatic nitrogens is 3. The van der Waals surface area contributed by atoms with Gasteiger partial charge >= 0.3 is 0 Å². The van der Waals surface area contributed by atoms with Crippen molar-refractivity contribution in [3.05, 3.63) is 41.0 Å². The maximum atomic E-state index is 11.9. The number of hydrogen-bond acceptors (Lipinski definition) is 9.